The second-order valence-corrected chi connectivity index (χ2v) is 5.70. The summed E-state index contributed by atoms with van der Waals surface area (Å²) in [5.41, 5.74) is 3.81. The number of anilines is 1. The summed E-state index contributed by atoms with van der Waals surface area (Å²) in [6.07, 6.45) is 6.31. The van der Waals surface area contributed by atoms with Gasteiger partial charge in [0, 0.05) is 18.2 Å². The molecule has 2 rings (SSSR count). The zero-order valence-corrected chi connectivity index (χ0v) is 12.5. The first-order valence-corrected chi connectivity index (χ1v) is 7.57. The molecule has 2 heteroatoms. The quantitative estimate of drug-likeness (QED) is 0.618. The Balaban J connectivity index is 2.26. The third-order valence-corrected chi connectivity index (χ3v) is 4.31. The van der Waals surface area contributed by atoms with Gasteiger partial charge in [0.2, 0.25) is 0 Å². The molecule has 0 amide bonds. The minimum absolute atomic E-state index is 0.465. The highest BCUT2D eigenvalue weighted by molar-refractivity contribution is 5.98. The third-order valence-electron chi connectivity index (χ3n) is 4.31. The van der Waals surface area contributed by atoms with E-state index in [1.807, 2.05) is 0 Å². The molecule has 104 valence electrons. The van der Waals surface area contributed by atoms with Crippen molar-refractivity contribution in [2.24, 2.45) is 5.92 Å². The minimum atomic E-state index is 0.465. The third kappa shape index (κ3) is 2.99. The molecule has 1 aromatic rings. The Hall–Kier alpha value is -1.31. The molecule has 1 aliphatic rings. The van der Waals surface area contributed by atoms with E-state index in [0.29, 0.717) is 5.92 Å². The fourth-order valence-electron chi connectivity index (χ4n) is 3.28. The molecule has 2 nitrogen and oxygen atoms in total. The van der Waals surface area contributed by atoms with Crippen molar-refractivity contribution in [1.29, 1.82) is 5.41 Å². The zero-order valence-electron chi connectivity index (χ0n) is 12.5. The lowest BCUT2D eigenvalue weighted by atomic mass is 9.87. The molecule has 1 aromatic carbocycles. The van der Waals surface area contributed by atoms with E-state index in [4.69, 9.17) is 5.41 Å². The number of benzene rings is 1. The molecule has 0 atom stereocenters. The van der Waals surface area contributed by atoms with Crippen LogP contribution in [0.25, 0.3) is 0 Å². The molecule has 0 unspecified atom stereocenters. The first kappa shape index (κ1) is 14.1. The molecule has 0 saturated heterocycles. The minimum Gasteiger partial charge on any atom is -0.330 e. The fourth-order valence-corrected chi connectivity index (χ4v) is 3.28. The highest BCUT2D eigenvalue weighted by Crippen LogP contribution is 2.30. The highest BCUT2D eigenvalue weighted by Gasteiger charge is 2.24. The predicted octanol–water partition coefficient (Wildman–Crippen LogP) is 4.69. The summed E-state index contributed by atoms with van der Waals surface area (Å²) in [6, 6.07) is 6.41. The van der Waals surface area contributed by atoms with Crippen LogP contribution < -0.4 is 4.90 Å². The van der Waals surface area contributed by atoms with Gasteiger partial charge < -0.3 is 4.90 Å². The molecule has 19 heavy (non-hydrogen) atoms. The van der Waals surface area contributed by atoms with Crippen LogP contribution in [0.2, 0.25) is 0 Å². The smallest absolute Gasteiger partial charge is 0.103 e. The number of hydrogen-bond donors (Lipinski definition) is 1. The van der Waals surface area contributed by atoms with Crippen LogP contribution >= 0.6 is 0 Å². The maximum absolute atomic E-state index is 8.60. The lowest BCUT2D eigenvalue weighted by molar-refractivity contribution is 0.434. The number of para-hydroxylation sites is 1. The van der Waals surface area contributed by atoms with E-state index in [2.05, 4.69) is 43.9 Å². The summed E-state index contributed by atoms with van der Waals surface area (Å²) >= 11 is 0. The van der Waals surface area contributed by atoms with Gasteiger partial charge in [0.15, 0.2) is 0 Å². The van der Waals surface area contributed by atoms with Crippen molar-refractivity contribution in [2.75, 3.05) is 11.4 Å². The second kappa shape index (κ2) is 6.23. The normalized spacial score (nSPS) is 16.4. The van der Waals surface area contributed by atoms with E-state index < -0.39 is 0 Å². The van der Waals surface area contributed by atoms with E-state index in [9.17, 15) is 0 Å². The van der Waals surface area contributed by atoms with Crippen LogP contribution in [0.3, 0.4) is 0 Å². The summed E-state index contributed by atoms with van der Waals surface area (Å²) in [6.45, 7) is 7.35. The standard InChI is InChI=1S/C17H26N2/c1-4-19(16-13(2)9-8-10-14(16)3)17(18)15-11-6-5-7-12-15/h8-10,15,18H,4-7,11-12H2,1-3H3. The van der Waals surface area contributed by atoms with Gasteiger partial charge in [0.05, 0.1) is 0 Å². The van der Waals surface area contributed by atoms with Crippen LogP contribution in [0.4, 0.5) is 5.69 Å². The van der Waals surface area contributed by atoms with E-state index in [-0.39, 0.29) is 0 Å². The van der Waals surface area contributed by atoms with Crippen molar-refractivity contribution < 1.29 is 0 Å². The number of hydrogen-bond acceptors (Lipinski definition) is 1. The molecule has 0 aromatic heterocycles. The van der Waals surface area contributed by atoms with E-state index in [1.165, 1.54) is 48.9 Å². The molecule has 0 aliphatic heterocycles. The summed E-state index contributed by atoms with van der Waals surface area (Å²) in [5, 5.41) is 8.60. The molecule has 0 bridgehead atoms. The molecule has 1 saturated carbocycles. The van der Waals surface area contributed by atoms with Gasteiger partial charge in [-0.2, -0.15) is 0 Å². The van der Waals surface area contributed by atoms with Crippen LogP contribution in [0.15, 0.2) is 18.2 Å². The summed E-state index contributed by atoms with van der Waals surface area (Å²) in [4.78, 5) is 2.22. The Bertz CT molecular complexity index is 424. The van der Waals surface area contributed by atoms with Gasteiger partial charge in [-0.15, -0.1) is 0 Å². The van der Waals surface area contributed by atoms with E-state index in [1.54, 1.807) is 0 Å². The van der Waals surface area contributed by atoms with Crippen molar-refractivity contribution in [1.82, 2.24) is 0 Å². The largest absolute Gasteiger partial charge is 0.330 e. The van der Waals surface area contributed by atoms with Gasteiger partial charge >= 0.3 is 0 Å². The first-order valence-electron chi connectivity index (χ1n) is 7.57. The SMILES string of the molecule is CCN(C(=N)C1CCCCC1)c1c(C)cccc1C. The van der Waals surface area contributed by atoms with Crippen molar-refractivity contribution in [3.63, 3.8) is 0 Å². The number of amidine groups is 1. The average molecular weight is 258 g/mol. The molecule has 0 radical (unpaired) electrons. The highest BCUT2D eigenvalue weighted by atomic mass is 15.2. The Morgan fingerprint density at radius 2 is 1.74 bits per heavy atom. The van der Waals surface area contributed by atoms with Gasteiger partial charge in [0.1, 0.15) is 5.84 Å². The Morgan fingerprint density at radius 3 is 2.26 bits per heavy atom. The molecular weight excluding hydrogens is 232 g/mol. The number of nitrogens with zero attached hydrogens (tertiary/aromatic N) is 1. The number of aryl methyl sites for hydroxylation is 2. The van der Waals surface area contributed by atoms with Crippen LogP contribution in [0.1, 0.15) is 50.2 Å². The number of rotatable bonds is 3. The lowest BCUT2D eigenvalue weighted by Gasteiger charge is -2.33. The fraction of sp³-hybridized carbons (Fsp3) is 0.588. The Labute approximate surface area is 117 Å². The molecule has 0 heterocycles. The summed E-state index contributed by atoms with van der Waals surface area (Å²) in [7, 11) is 0. The monoisotopic (exact) mass is 258 g/mol. The van der Waals surface area contributed by atoms with Crippen LogP contribution in [-0.4, -0.2) is 12.4 Å². The molecule has 1 aliphatic carbocycles. The molecule has 1 fully saturated rings. The van der Waals surface area contributed by atoms with E-state index in [0.717, 1.165) is 12.4 Å². The van der Waals surface area contributed by atoms with Crippen LogP contribution in [0, 0.1) is 25.2 Å². The van der Waals surface area contributed by atoms with Gasteiger partial charge in [-0.1, -0.05) is 37.5 Å². The van der Waals surface area contributed by atoms with Crippen molar-refractivity contribution in [3.05, 3.63) is 29.3 Å². The van der Waals surface area contributed by atoms with Crippen molar-refractivity contribution in [3.8, 4) is 0 Å². The molecular formula is C17H26N2. The van der Waals surface area contributed by atoms with Crippen molar-refractivity contribution >= 4 is 11.5 Å². The Morgan fingerprint density at radius 1 is 1.16 bits per heavy atom. The summed E-state index contributed by atoms with van der Waals surface area (Å²) in [5.74, 6) is 1.30. The maximum Gasteiger partial charge on any atom is 0.103 e. The van der Waals surface area contributed by atoms with Gasteiger partial charge in [-0.25, -0.2) is 0 Å². The topological polar surface area (TPSA) is 27.1 Å². The lowest BCUT2D eigenvalue weighted by Crippen LogP contribution is -2.37. The zero-order chi connectivity index (χ0) is 13.8. The second-order valence-electron chi connectivity index (χ2n) is 5.70. The van der Waals surface area contributed by atoms with Crippen LogP contribution in [-0.2, 0) is 0 Å². The van der Waals surface area contributed by atoms with Crippen molar-refractivity contribution in [2.45, 2.75) is 52.9 Å². The maximum atomic E-state index is 8.60. The Kier molecular flexibility index (Phi) is 4.62. The van der Waals surface area contributed by atoms with E-state index >= 15 is 0 Å². The predicted molar refractivity (Wildman–Crippen MR) is 83.2 cm³/mol. The van der Waals surface area contributed by atoms with Gasteiger partial charge in [-0.05, 0) is 44.7 Å². The van der Waals surface area contributed by atoms with Gasteiger partial charge in [0.25, 0.3) is 0 Å². The molecule has 0 spiro atoms. The average Bonchev–Trinajstić information content (AvgIpc) is 2.43. The van der Waals surface area contributed by atoms with Gasteiger partial charge in [-0.3, -0.25) is 5.41 Å². The number of nitrogens with one attached hydrogen (secondary N) is 1. The first-order chi connectivity index (χ1) is 9.15. The summed E-state index contributed by atoms with van der Waals surface area (Å²) < 4.78 is 0. The molecule has 1 N–H and O–H groups in total. The van der Waals surface area contributed by atoms with Crippen LogP contribution in [0.5, 0.6) is 0 Å².